The second kappa shape index (κ2) is 8.85. The summed E-state index contributed by atoms with van der Waals surface area (Å²) in [4.78, 5) is 16.1. The molecule has 1 fully saturated rings. The molecule has 2 atom stereocenters. The number of alkyl halides is 1. The Balaban J connectivity index is 0.00000280. The zero-order chi connectivity index (χ0) is 19.6. The summed E-state index contributed by atoms with van der Waals surface area (Å²) >= 11 is 0. The first-order valence-electron chi connectivity index (χ1n) is 8.79. The third-order valence-electron chi connectivity index (χ3n) is 4.24. The number of aliphatic hydroxyl groups is 1. The minimum Gasteiger partial charge on any atom is -0.471 e. The summed E-state index contributed by atoms with van der Waals surface area (Å²) < 4.78 is 21.2. The maximum Gasteiger partial charge on any atom is 0.254 e. The fraction of sp³-hybridized carbons (Fsp3) is 0.500. The van der Waals surface area contributed by atoms with Crippen molar-refractivity contribution in [3.63, 3.8) is 0 Å². The van der Waals surface area contributed by atoms with Crippen molar-refractivity contribution in [1.29, 1.82) is 0 Å². The summed E-state index contributed by atoms with van der Waals surface area (Å²) in [5, 5.41) is 17.0. The van der Waals surface area contributed by atoms with E-state index in [1.807, 2.05) is 0 Å². The lowest BCUT2D eigenvalue weighted by atomic mass is 10.1. The van der Waals surface area contributed by atoms with Crippen LogP contribution in [-0.2, 0) is 6.54 Å². The average Bonchev–Trinajstić information content (AvgIpc) is 3.03. The predicted octanol–water partition coefficient (Wildman–Crippen LogP) is 1.32. The lowest BCUT2D eigenvalue weighted by Crippen LogP contribution is -2.44. The Labute approximate surface area is 168 Å². The number of amides is 1. The van der Waals surface area contributed by atoms with Gasteiger partial charge in [-0.2, -0.15) is 5.10 Å². The molecule has 0 spiro atoms. The standard InChI is InChI=1S/C18H24FN5O3.ClH/c1-18(2,26)10-24-9-12(7-23-24)11-5-13(16(20)25)17(22-6-11)27-15-3-4-21-8-14(15)19;/h5-7,9,14-15,21,26H,3-4,8,10H2,1-2H3,(H2,20,25);1H/t14-,15+;/m1./s1. The lowest BCUT2D eigenvalue weighted by molar-refractivity contribution is 0.0577. The molecule has 1 aliphatic heterocycles. The molecule has 8 nitrogen and oxygen atoms in total. The number of aromatic nitrogens is 3. The number of primary amides is 1. The number of rotatable bonds is 6. The minimum absolute atomic E-state index is 0. The normalized spacial score (nSPS) is 19.7. The van der Waals surface area contributed by atoms with Gasteiger partial charge in [0.2, 0.25) is 5.88 Å². The van der Waals surface area contributed by atoms with Gasteiger partial charge in [-0.3, -0.25) is 9.48 Å². The molecule has 2 aromatic rings. The van der Waals surface area contributed by atoms with Gasteiger partial charge in [0.25, 0.3) is 5.91 Å². The SMILES string of the molecule is CC(C)(O)Cn1cc(-c2cnc(O[C@H]3CCNC[C@H]3F)c(C(N)=O)c2)cn1.Cl. The Morgan fingerprint density at radius 1 is 1.46 bits per heavy atom. The van der Waals surface area contributed by atoms with Crippen molar-refractivity contribution in [1.82, 2.24) is 20.1 Å². The van der Waals surface area contributed by atoms with Crippen molar-refractivity contribution in [3.8, 4) is 17.0 Å². The van der Waals surface area contributed by atoms with Gasteiger partial charge in [0.1, 0.15) is 17.8 Å². The maximum atomic E-state index is 14.0. The molecule has 3 heterocycles. The summed E-state index contributed by atoms with van der Waals surface area (Å²) in [5.41, 5.74) is 5.99. The fourth-order valence-corrected chi connectivity index (χ4v) is 2.95. The molecular weight excluding hydrogens is 389 g/mol. The van der Waals surface area contributed by atoms with Gasteiger partial charge >= 0.3 is 0 Å². The third kappa shape index (κ3) is 5.40. The smallest absolute Gasteiger partial charge is 0.254 e. The van der Waals surface area contributed by atoms with Gasteiger partial charge < -0.3 is 20.9 Å². The fourth-order valence-electron chi connectivity index (χ4n) is 2.95. The van der Waals surface area contributed by atoms with Crippen LogP contribution in [0.1, 0.15) is 30.6 Å². The van der Waals surface area contributed by atoms with Crippen LogP contribution in [0.4, 0.5) is 4.39 Å². The monoisotopic (exact) mass is 413 g/mol. The Morgan fingerprint density at radius 3 is 2.86 bits per heavy atom. The number of halogens is 2. The number of ether oxygens (including phenoxy) is 1. The van der Waals surface area contributed by atoms with Crippen LogP contribution in [0, 0.1) is 0 Å². The molecule has 1 aliphatic rings. The molecule has 1 amide bonds. The van der Waals surface area contributed by atoms with Gasteiger partial charge in [0, 0.05) is 30.1 Å². The van der Waals surface area contributed by atoms with Gasteiger partial charge in [0.05, 0.1) is 18.3 Å². The summed E-state index contributed by atoms with van der Waals surface area (Å²) in [6.45, 7) is 4.53. The molecule has 0 bridgehead atoms. The van der Waals surface area contributed by atoms with E-state index in [9.17, 15) is 14.3 Å². The predicted molar refractivity (Wildman–Crippen MR) is 104 cm³/mol. The highest BCUT2D eigenvalue weighted by Crippen LogP contribution is 2.26. The first kappa shape index (κ1) is 22.1. The van der Waals surface area contributed by atoms with Crippen LogP contribution in [0.15, 0.2) is 24.7 Å². The number of nitrogens with zero attached hydrogens (tertiary/aromatic N) is 3. The molecule has 10 heteroatoms. The van der Waals surface area contributed by atoms with Gasteiger partial charge in [0.15, 0.2) is 0 Å². The molecule has 4 N–H and O–H groups in total. The van der Waals surface area contributed by atoms with Crippen molar-refractivity contribution in [2.75, 3.05) is 13.1 Å². The average molecular weight is 414 g/mol. The van der Waals surface area contributed by atoms with Crippen LogP contribution in [0.2, 0.25) is 0 Å². The highest BCUT2D eigenvalue weighted by molar-refractivity contribution is 5.96. The largest absolute Gasteiger partial charge is 0.471 e. The van der Waals surface area contributed by atoms with E-state index in [4.69, 9.17) is 10.5 Å². The quantitative estimate of drug-likeness (QED) is 0.657. The van der Waals surface area contributed by atoms with Crippen molar-refractivity contribution in [2.24, 2.45) is 5.73 Å². The van der Waals surface area contributed by atoms with E-state index in [0.29, 0.717) is 30.6 Å². The number of carbonyl (C=O) groups is 1. The zero-order valence-corrected chi connectivity index (χ0v) is 16.6. The summed E-state index contributed by atoms with van der Waals surface area (Å²) in [6, 6.07) is 1.56. The number of hydrogen-bond donors (Lipinski definition) is 3. The lowest BCUT2D eigenvalue weighted by Gasteiger charge is -2.27. The summed E-state index contributed by atoms with van der Waals surface area (Å²) in [7, 11) is 0. The van der Waals surface area contributed by atoms with E-state index >= 15 is 0 Å². The number of nitrogens with one attached hydrogen (secondary N) is 1. The third-order valence-corrected chi connectivity index (χ3v) is 4.24. The number of carbonyl (C=O) groups excluding carboxylic acids is 1. The van der Waals surface area contributed by atoms with Crippen molar-refractivity contribution >= 4 is 18.3 Å². The maximum absolute atomic E-state index is 14.0. The van der Waals surface area contributed by atoms with Crippen molar-refractivity contribution < 1.29 is 19.0 Å². The molecule has 28 heavy (non-hydrogen) atoms. The molecule has 0 unspecified atom stereocenters. The molecule has 0 radical (unpaired) electrons. The second-order valence-corrected chi connectivity index (χ2v) is 7.35. The van der Waals surface area contributed by atoms with Crippen LogP contribution in [-0.4, -0.2) is 56.7 Å². The zero-order valence-electron chi connectivity index (χ0n) is 15.8. The van der Waals surface area contributed by atoms with Crippen LogP contribution in [0.25, 0.3) is 11.1 Å². The number of pyridine rings is 1. The number of piperidine rings is 1. The molecule has 0 aliphatic carbocycles. The van der Waals surface area contributed by atoms with Gasteiger partial charge in [-0.05, 0) is 32.9 Å². The molecular formula is C18H25ClFN5O3. The van der Waals surface area contributed by atoms with Crippen LogP contribution in [0.5, 0.6) is 5.88 Å². The van der Waals surface area contributed by atoms with Gasteiger partial charge in [-0.1, -0.05) is 0 Å². The summed E-state index contributed by atoms with van der Waals surface area (Å²) in [5.74, 6) is -0.669. The minimum atomic E-state index is -1.18. The van der Waals surface area contributed by atoms with Gasteiger partial charge in [-0.15, -0.1) is 12.4 Å². The summed E-state index contributed by atoms with van der Waals surface area (Å²) in [6.07, 6.45) is 3.51. The van der Waals surface area contributed by atoms with Gasteiger partial charge in [-0.25, -0.2) is 9.37 Å². The Morgan fingerprint density at radius 2 is 2.21 bits per heavy atom. The Kier molecular flexibility index (Phi) is 6.97. The second-order valence-electron chi connectivity index (χ2n) is 7.35. The topological polar surface area (TPSA) is 115 Å². The highest BCUT2D eigenvalue weighted by Gasteiger charge is 2.28. The van der Waals surface area contributed by atoms with E-state index in [1.54, 1.807) is 37.0 Å². The van der Waals surface area contributed by atoms with Crippen molar-refractivity contribution in [2.45, 2.75) is 44.7 Å². The first-order valence-corrected chi connectivity index (χ1v) is 8.79. The van der Waals surface area contributed by atoms with E-state index in [2.05, 4.69) is 15.4 Å². The molecule has 0 saturated carbocycles. The van der Waals surface area contributed by atoms with E-state index in [-0.39, 0.29) is 30.4 Å². The van der Waals surface area contributed by atoms with Crippen molar-refractivity contribution in [3.05, 3.63) is 30.2 Å². The van der Waals surface area contributed by atoms with E-state index in [1.165, 1.54) is 6.20 Å². The van der Waals surface area contributed by atoms with Crippen LogP contribution in [0.3, 0.4) is 0 Å². The molecule has 3 rings (SSSR count). The Hall–Kier alpha value is -2.23. The number of nitrogens with two attached hydrogens (primary N) is 1. The molecule has 2 aromatic heterocycles. The molecule has 154 valence electrons. The van der Waals surface area contributed by atoms with Crippen LogP contribution >= 0.6 is 12.4 Å². The number of hydrogen-bond acceptors (Lipinski definition) is 6. The molecule has 1 saturated heterocycles. The Bertz CT molecular complexity index is 824. The van der Waals surface area contributed by atoms with E-state index in [0.717, 1.165) is 0 Å². The first-order chi connectivity index (χ1) is 12.7. The van der Waals surface area contributed by atoms with E-state index < -0.39 is 23.8 Å². The molecule has 0 aromatic carbocycles. The van der Waals surface area contributed by atoms with Crippen LogP contribution < -0.4 is 15.8 Å². The highest BCUT2D eigenvalue weighted by atomic mass is 35.5.